The molecule has 0 spiro atoms. The number of aromatic hydroxyl groups is 1. The van der Waals surface area contributed by atoms with E-state index < -0.39 is 0 Å². The fourth-order valence-corrected chi connectivity index (χ4v) is 4.52. The summed E-state index contributed by atoms with van der Waals surface area (Å²) in [7, 11) is 0. The predicted octanol–water partition coefficient (Wildman–Crippen LogP) is 6.02. The number of carbonyl (C=O) groups is 1. The van der Waals surface area contributed by atoms with E-state index in [1.54, 1.807) is 48.9 Å². The lowest BCUT2D eigenvalue weighted by atomic mass is 10.2. The van der Waals surface area contributed by atoms with Crippen LogP contribution in [0.15, 0.2) is 89.3 Å². The van der Waals surface area contributed by atoms with Crippen molar-refractivity contribution in [2.24, 2.45) is 10.2 Å². The molecule has 1 aliphatic heterocycles. The molecule has 0 bridgehead atoms. The van der Waals surface area contributed by atoms with Crippen molar-refractivity contribution in [3.05, 3.63) is 91.6 Å². The van der Waals surface area contributed by atoms with Crippen molar-refractivity contribution >= 4 is 67.0 Å². The second-order valence-electron chi connectivity index (χ2n) is 6.47. The molecule has 2 aromatic carbocycles. The van der Waals surface area contributed by atoms with Gasteiger partial charge in [-0.15, -0.1) is 5.10 Å². The van der Waals surface area contributed by atoms with Crippen molar-refractivity contribution in [3.8, 4) is 5.75 Å². The van der Waals surface area contributed by atoms with E-state index in [0.29, 0.717) is 21.4 Å². The van der Waals surface area contributed by atoms with Crippen LogP contribution in [0.4, 0.5) is 0 Å². The highest BCUT2D eigenvalue weighted by atomic mass is 79.9. The minimum absolute atomic E-state index is 0.0831. The molecule has 2 heterocycles. The van der Waals surface area contributed by atoms with E-state index in [9.17, 15) is 9.90 Å². The third-order valence-corrected chi connectivity index (χ3v) is 6.24. The Balaban J connectivity index is 1.65. The second kappa shape index (κ2) is 9.67. The fraction of sp³-hybridized carbons (Fsp3) is 0.0455. The molecule has 6 nitrogen and oxygen atoms in total. The third kappa shape index (κ3) is 5.36. The molecule has 1 aromatic heterocycles. The standard InChI is InChI=1S/C22H15Br2N3O3S/c23-16-4-1-3-14(9-16)12-25-26-22-27(13-18-5-2-8-30-18)21(29)20(31-22)11-15-10-17(24)6-7-19(15)28/h1-12,28H,13H2/b20-11-,25-12-,26-22+. The number of phenolic OH excluding ortho intramolecular Hbond substituents is 1. The van der Waals surface area contributed by atoms with Crippen molar-refractivity contribution in [1.29, 1.82) is 0 Å². The minimum Gasteiger partial charge on any atom is -0.507 e. The Morgan fingerprint density at radius 1 is 1.10 bits per heavy atom. The first-order chi connectivity index (χ1) is 15.0. The molecule has 0 unspecified atom stereocenters. The highest BCUT2D eigenvalue weighted by Gasteiger charge is 2.34. The molecular weight excluding hydrogens is 546 g/mol. The van der Waals surface area contributed by atoms with Gasteiger partial charge < -0.3 is 9.52 Å². The molecule has 0 saturated carbocycles. The van der Waals surface area contributed by atoms with Crippen molar-refractivity contribution in [2.75, 3.05) is 0 Å². The fourth-order valence-electron chi connectivity index (χ4n) is 2.79. The third-order valence-electron chi connectivity index (χ3n) is 4.26. The maximum Gasteiger partial charge on any atom is 0.267 e. The quantitative estimate of drug-likeness (QED) is 0.235. The average molecular weight is 561 g/mol. The number of phenols is 1. The monoisotopic (exact) mass is 559 g/mol. The van der Waals surface area contributed by atoms with Crippen LogP contribution >= 0.6 is 43.6 Å². The largest absolute Gasteiger partial charge is 0.507 e. The number of hydrogen-bond donors (Lipinski definition) is 1. The highest BCUT2D eigenvalue weighted by Crippen LogP contribution is 2.35. The van der Waals surface area contributed by atoms with Crippen molar-refractivity contribution < 1.29 is 14.3 Å². The highest BCUT2D eigenvalue weighted by molar-refractivity contribution is 9.10. The summed E-state index contributed by atoms with van der Waals surface area (Å²) in [6, 6.07) is 16.3. The number of halogens is 2. The van der Waals surface area contributed by atoms with E-state index in [4.69, 9.17) is 4.42 Å². The van der Waals surface area contributed by atoms with Crippen molar-refractivity contribution in [3.63, 3.8) is 0 Å². The Labute approximate surface area is 199 Å². The molecule has 31 heavy (non-hydrogen) atoms. The van der Waals surface area contributed by atoms with E-state index in [-0.39, 0.29) is 18.2 Å². The first-order valence-electron chi connectivity index (χ1n) is 9.08. The molecule has 4 rings (SSSR count). The summed E-state index contributed by atoms with van der Waals surface area (Å²) in [5.74, 6) is 0.473. The van der Waals surface area contributed by atoms with E-state index in [1.165, 1.54) is 16.7 Å². The number of thioether (sulfide) groups is 1. The molecule has 1 aliphatic rings. The molecule has 9 heteroatoms. The van der Waals surface area contributed by atoms with E-state index in [2.05, 4.69) is 42.1 Å². The lowest BCUT2D eigenvalue weighted by Crippen LogP contribution is -2.28. The van der Waals surface area contributed by atoms with Gasteiger partial charge in [0.25, 0.3) is 5.91 Å². The summed E-state index contributed by atoms with van der Waals surface area (Å²) in [5.41, 5.74) is 1.41. The number of nitrogens with zero attached hydrogens (tertiary/aromatic N) is 3. The first-order valence-corrected chi connectivity index (χ1v) is 11.5. The van der Waals surface area contributed by atoms with Crippen LogP contribution in [0, 0.1) is 0 Å². The van der Waals surface area contributed by atoms with Gasteiger partial charge in [-0.1, -0.05) is 44.0 Å². The summed E-state index contributed by atoms with van der Waals surface area (Å²) < 4.78 is 7.14. The van der Waals surface area contributed by atoms with Crippen molar-refractivity contribution in [2.45, 2.75) is 6.54 Å². The number of hydrogen-bond acceptors (Lipinski definition) is 6. The SMILES string of the molecule is O=C1/C(=C/c2cc(Br)ccc2O)S/C(=N/N=C\c2cccc(Br)c2)N1Cc1ccco1. The molecule has 1 amide bonds. The molecule has 1 fully saturated rings. The van der Waals surface area contributed by atoms with Crippen LogP contribution in [0.3, 0.4) is 0 Å². The van der Waals surface area contributed by atoms with E-state index >= 15 is 0 Å². The Morgan fingerprint density at radius 2 is 1.94 bits per heavy atom. The second-order valence-corrected chi connectivity index (χ2v) is 9.31. The predicted molar refractivity (Wildman–Crippen MR) is 130 cm³/mol. The molecule has 1 N–H and O–H groups in total. The van der Waals surface area contributed by atoms with Crippen LogP contribution in [0.5, 0.6) is 5.75 Å². The number of benzene rings is 2. The zero-order valence-electron chi connectivity index (χ0n) is 15.9. The van der Waals surface area contributed by atoms with Crippen LogP contribution < -0.4 is 0 Å². The summed E-state index contributed by atoms with van der Waals surface area (Å²) in [5, 5.41) is 19.0. The Bertz CT molecular complexity index is 1210. The van der Waals surface area contributed by atoms with Gasteiger partial charge in [-0.2, -0.15) is 5.10 Å². The van der Waals surface area contributed by atoms with Crippen LogP contribution in [-0.2, 0) is 11.3 Å². The van der Waals surface area contributed by atoms with E-state index in [1.807, 2.05) is 24.3 Å². The van der Waals surface area contributed by atoms with Crippen LogP contribution in [0.1, 0.15) is 16.9 Å². The number of rotatable bonds is 5. The smallest absolute Gasteiger partial charge is 0.267 e. The topological polar surface area (TPSA) is 78.4 Å². The first kappa shape index (κ1) is 21.6. The van der Waals surface area contributed by atoms with Crippen molar-refractivity contribution in [1.82, 2.24) is 4.90 Å². The molecule has 3 aromatic rings. The lowest BCUT2D eigenvalue weighted by molar-refractivity contribution is -0.122. The van der Waals surface area contributed by atoms with Gasteiger partial charge >= 0.3 is 0 Å². The van der Waals surface area contributed by atoms with Gasteiger partial charge in [-0.3, -0.25) is 9.69 Å². The zero-order valence-corrected chi connectivity index (χ0v) is 19.9. The maximum atomic E-state index is 13.1. The zero-order chi connectivity index (χ0) is 21.8. The number of amidine groups is 1. The van der Waals surface area contributed by atoms with Gasteiger partial charge in [0.15, 0.2) is 5.17 Å². The van der Waals surface area contributed by atoms with Gasteiger partial charge in [0.05, 0.1) is 23.9 Å². The molecule has 1 saturated heterocycles. The molecule has 0 radical (unpaired) electrons. The van der Waals surface area contributed by atoms with Gasteiger partial charge in [0.1, 0.15) is 11.5 Å². The van der Waals surface area contributed by atoms with Crippen LogP contribution in [0.25, 0.3) is 6.08 Å². The Morgan fingerprint density at radius 3 is 2.71 bits per heavy atom. The van der Waals surface area contributed by atoms with Gasteiger partial charge in [0.2, 0.25) is 0 Å². The molecular formula is C22H15Br2N3O3S. The Hall–Kier alpha value is -2.62. The van der Waals surface area contributed by atoms with E-state index in [0.717, 1.165) is 14.5 Å². The summed E-state index contributed by atoms with van der Waals surface area (Å²) in [6.07, 6.45) is 4.82. The summed E-state index contributed by atoms with van der Waals surface area (Å²) in [4.78, 5) is 15.0. The Kier molecular flexibility index (Phi) is 6.74. The number of carbonyl (C=O) groups excluding carboxylic acids is 1. The molecule has 0 atom stereocenters. The van der Waals surface area contributed by atoms with Gasteiger partial charge in [-0.05, 0) is 65.9 Å². The lowest BCUT2D eigenvalue weighted by Gasteiger charge is -2.12. The summed E-state index contributed by atoms with van der Waals surface area (Å²) in [6.45, 7) is 0.228. The van der Waals surface area contributed by atoms with Crippen LogP contribution in [0.2, 0.25) is 0 Å². The maximum absolute atomic E-state index is 13.1. The number of amides is 1. The number of furan rings is 1. The van der Waals surface area contributed by atoms with Gasteiger partial charge in [0, 0.05) is 14.5 Å². The normalized spacial score (nSPS) is 16.8. The minimum atomic E-state index is -0.239. The molecule has 156 valence electrons. The molecule has 0 aliphatic carbocycles. The average Bonchev–Trinajstić information content (AvgIpc) is 3.35. The van der Waals surface area contributed by atoms with Gasteiger partial charge in [-0.25, -0.2) is 0 Å². The summed E-state index contributed by atoms with van der Waals surface area (Å²) >= 11 is 8.00. The van der Waals surface area contributed by atoms with Crippen LogP contribution in [-0.4, -0.2) is 27.3 Å².